The maximum absolute atomic E-state index is 13.5. The van der Waals surface area contributed by atoms with E-state index in [1.54, 1.807) is 24.3 Å². The van der Waals surface area contributed by atoms with Gasteiger partial charge in [0.25, 0.3) is 0 Å². The van der Waals surface area contributed by atoms with E-state index in [2.05, 4.69) is 44.8 Å². The third-order valence-electron chi connectivity index (χ3n) is 7.30. The van der Waals surface area contributed by atoms with E-state index in [4.69, 9.17) is 10.7 Å². The number of nitrogens with zero attached hydrogens (tertiary/aromatic N) is 7. The van der Waals surface area contributed by atoms with Crippen LogP contribution in [-0.2, 0) is 0 Å². The molecule has 10 heteroatoms. The standard InChI is InChI=1S/C29H31FN8O/c1-20-10-14-37(26-17-25(34-35-29(26)32)23-5-2-3-7-27(23)39)15-16-38(20)28-9-8-21(18-31)24(33-28)6-4-12-36-13-11-22(30)19-36/h2-3,5,7-9,17,20,22,39H,10-16,19H2,1H3,(H2,32,35)/t20-,22-/m0/s1. The Hall–Kier alpha value is -4.41. The van der Waals surface area contributed by atoms with Crippen molar-refractivity contribution in [3.8, 4) is 34.9 Å². The lowest BCUT2D eigenvalue weighted by molar-refractivity contribution is 0.308. The number of nitrogen functional groups attached to an aromatic ring is 1. The number of hydrogen-bond donors (Lipinski definition) is 2. The molecule has 4 heterocycles. The first-order valence-corrected chi connectivity index (χ1v) is 13.1. The summed E-state index contributed by atoms with van der Waals surface area (Å²) in [5.41, 5.74) is 9.03. The number of para-hydroxylation sites is 1. The topological polar surface area (TPSA) is 118 Å². The van der Waals surface area contributed by atoms with Crippen molar-refractivity contribution in [3.05, 3.63) is 53.7 Å². The van der Waals surface area contributed by atoms with Crippen LogP contribution in [0.25, 0.3) is 11.3 Å². The third-order valence-corrected chi connectivity index (χ3v) is 7.30. The van der Waals surface area contributed by atoms with Crippen LogP contribution in [0, 0.1) is 23.2 Å². The van der Waals surface area contributed by atoms with Crippen LogP contribution in [0.2, 0.25) is 0 Å². The molecule has 3 N–H and O–H groups in total. The van der Waals surface area contributed by atoms with Crippen molar-refractivity contribution in [1.29, 1.82) is 5.26 Å². The fraction of sp³-hybridized carbons (Fsp3) is 0.379. The number of nitrogens with two attached hydrogens (primary N) is 1. The van der Waals surface area contributed by atoms with Crippen molar-refractivity contribution < 1.29 is 9.50 Å². The second-order valence-electron chi connectivity index (χ2n) is 9.94. The predicted molar refractivity (Wildman–Crippen MR) is 149 cm³/mol. The van der Waals surface area contributed by atoms with Gasteiger partial charge in [0.2, 0.25) is 0 Å². The summed E-state index contributed by atoms with van der Waals surface area (Å²) in [7, 11) is 0. The Morgan fingerprint density at radius 3 is 2.72 bits per heavy atom. The molecule has 3 aromatic rings. The van der Waals surface area contributed by atoms with E-state index in [-0.39, 0.29) is 11.8 Å². The normalized spacial score (nSPS) is 19.7. The summed E-state index contributed by atoms with van der Waals surface area (Å²) in [4.78, 5) is 11.1. The van der Waals surface area contributed by atoms with Crippen LogP contribution in [0.5, 0.6) is 5.75 Å². The van der Waals surface area contributed by atoms with Gasteiger partial charge >= 0.3 is 0 Å². The largest absolute Gasteiger partial charge is 0.507 e. The second-order valence-corrected chi connectivity index (χ2v) is 9.94. The molecule has 9 nitrogen and oxygen atoms in total. The van der Waals surface area contributed by atoms with Gasteiger partial charge in [0.1, 0.15) is 29.5 Å². The first-order valence-electron chi connectivity index (χ1n) is 13.1. The maximum atomic E-state index is 13.5. The number of aromatic nitrogens is 3. The highest BCUT2D eigenvalue weighted by molar-refractivity contribution is 5.74. The lowest BCUT2D eigenvalue weighted by atomic mass is 10.1. The maximum Gasteiger partial charge on any atom is 0.169 e. The minimum absolute atomic E-state index is 0.135. The van der Waals surface area contributed by atoms with Crippen molar-refractivity contribution in [2.24, 2.45) is 0 Å². The molecule has 0 aliphatic carbocycles. The Bertz CT molecular complexity index is 1450. The summed E-state index contributed by atoms with van der Waals surface area (Å²) >= 11 is 0. The molecule has 2 aliphatic rings. The number of halogens is 1. The van der Waals surface area contributed by atoms with Crippen LogP contribution >= 0.6 is 0 Å². The Labute approximate surface area is 227 Å². The average molecular weight is 527 g/mol. The lowest BCUT2D eigenvalue weighted by Gasteiger charge is -2.28. The van der Waals surface area contributed by atoms with E-state index in [1.807, 2.05) is 23.1 Å². The molecule has 200 valence electrons. The first kappa shape index (κ1) is 26.2. The van der Waals surface area contributed by atoms with E-state index in [9.17, 15) is 14.8 Å². The molecule has 0 amide bonds. The molecule has 2 atom stereocenters. The lowest BCUT2D eigenvalue weighted by Crippen LogP contribution is -2.35. The number of hydrogen-bond acceptors (Lipinski definition) is 9. The molecule has 2 fully saturated rings. The molecule has 2 aromatic heterocycles. The average Bonchev–Trinajstić information content (AvgIpc) is 3.26. The molecule has 0 unspecified atom stereocenters. The SMILES string of the molecule is C[C@H]1CCN(c2cc(-c3ccccc3O)nnc2N)CCN1c1ccc(C#N)c(C#CCN2CC[C@H](F)C2)n1. The van der Waals surface area contributed by atoms with Crippen LogP contribution in [0.3, 0.4) is 0 Å². The van der Waals surface area contributed by atoms with Gasteiger partial charge in [0.05, 0.1) is 23.5 Å². The zero-order chi connectivity index (χ0) is 27.4. The molecular formula is C29H31FN8O. The summed E-state index contributed by atoms with van der Waals surface area (Å²) in [5.74, 6) is 7.35. The summed E-state index contributed by atoms with van der Waals surface area (Å²) in [6.07, 6.45) is 0.595. The van der Waals surface area contributed by atoms with Gasteiger partial charge in [-0.05, 0) is 56.0 Å². The summed E-state index contributed by atoms with van der Waals surface area (Å²) in [5, 5.41) is 28.2. The number of likely N-dealkylation sites (tertiary alicyclic amines) is 1. The fourth-order valence-corrected chi connectivity index (χ4v) is 5.07. The summed E-state index contributed by atoms with van der Waals surface area (Å²) in [6, 6.07) is 14.9. The van der Waals surface area contributed by atoms with Crippen LogP contribution in [-0.4, -0.2) is 76.7 Å². The fourth-order valence-electron chi connectivity index (χ4n) is 5.07. The Morgan fingerprint density at radius 1 is 1.10 bits per heavy atom. The minimum Gasteiger partial charge on any atom is -0.507 e. The zero-order valence-corrected chi connectivity index (χ0v) is 21.9. The highest BCUT2D eigenvalue weighted by Gasteiger charge is 2.25. The second kappa shape index (κ2) is 11.5. The molecule has 0 bridgehead atoms. The first-order chi connectivity index (χ1) is 18.9. The smallest absolute Gasteiger partial charge is 0.169 e. The molecule has 2 saturated heterocycles. The highest BCUT2D eigenvalue weighted by atomic mass is 19.1. The number of benzene rings is 1. The molecule has 5 rings (SSSR count). The number of aromatic hydroxyl groups is 1. The van der Waals surface area contributed by atoms with Crippen molar-refractivity contribution in [3.63, 3.8) is 0 Å². The van der Waals surface area contributed by atoms with Crippen LogP contribution < -0.4 is 15.5 Å². The number of phenols is 1. The van der Waals surface area contributed by atoms with Crippen molar-refractivity contribution in [2.45, 2.75) is 32.0 Å². The Morgan fingerprint density at radius 2 is 1.95 bits per heavy atom. The number of alkyl halides is 1. The van der Waals surface area contributed by atoms with Crippen molar-refractivity contribution in [2.75, 3.05) is 54.8 Å². The van der Waals surface area contributed by atoms with Crippen LogP contribution in [0.4, 0.5) is 21.7 Å². The number of pyridine rings is 1. The molecule has 0 saturated carbocycles. The van der Waals surface area contributed by atoms with E-state index < -0.39 is 6.17 Å². The van der Waals surface area contributed by atoms with Gasteiger partial charge in [0, 0.05) is 44.3 Å². The minimum atomic E-state index is -0.789. The van der Waals surface area contributed by atoms with E-state index in [0.717, 1.165) is 24.5 Å². The van der Waals surface area contributed by atoms with Gasteiger partial charge in [-0.25, -0.2) is 9.37 Å². The van der Waals surface area contributed by atoms with Gasteiger partial charge in [-0.2, -0.15) is 5.26 Å². The van der Waals surface area contributed by atoms with Gasteiger partial charge < -0.3 is 20.6 Å². The number of rotatable bonds is 4. The quantitative estimate of drug-likeness (QED) is 0.494. The van der Waals surface area contributed by atoms with Gasteiger partial charge in [-0.1, -0.05) is 18.1 Å². The van der Waals surface area contributed by atoms with Crippen LogP contribution in [0.15, 0.2) is 42.5 Å². The highest BCUT2D eigenvalue weighted by Crippen LogP contribution is 2.32. The molecule has 1 aromatic carbocycles. The predicted octanol–water partition coefficient (Wildman–Crippen LogP) is 3.20. The van der Waals surface area contributed by atoms with E-state index >= 15 is 0 Å². The molecule has 39 heavy (non-hydrogen) atoms. The van der Waals surface area contributed by atoms with Crippen molar-refractivity contribution in [1.82, 2.24) is 20.1 Å². The Kier molecular flexibility index (Phi) is 7.76. The molecule has 2 aliphatic heterocycles. The van der Waals surface area contributed by atoms with Crippen LogP contribution in [0.1, 0.15) is 31.0 Å². The zero-order valence-electron chi connectivity index (χ0n) is 21.9. The van der Waals surface area contributed by atoms with E-state index in [0.29, 0.717) is 67.5 Å². The van der Waals surface area contributed by atoms with Crippen molar-refractivity contribution >= 4 is 17.3 Å². The third kappa shape index (κ3) is 5.87. The Balaban J connectivity index is 1.35. The molecular weight excluding hydrogens is 495 g/mol. The molecule has 0 radical (unpaired) electrons. The van der Waals surface area contributed by atoms with Gasteiger partial charge in [0.15, 0.2) is 5.82 Å². The van der Waals surface area contributed by atoms with Gasteiger partial charge in [-0.15, -0.1) is 10.2 Å². The van der Waals surface area contributed by atoms with Gasteiger partial charge in [-0.3, -0.25) is 4.90 Å². The number of phenolic OH excluding ortho intramolecular Hbond substituents is 1. The number of anilines is 3. The number of nitriles is 1. The monoisotopic (exact) mass is 526 g/mol. The van der Waals surface area contributed by atoms with E-state index in [1.165, 1.54) is 0 Å². The summed E-state index contributed by atoms with van der Waals surface area (Å²) in [6.45, 7) is 5.80. The summed E-state index contributed by atoms with van der Waals surface area (Å²) < 4.78 is 13.5. The molecule has 0 spiro atoms.